The van der Waals surface area contributed by atoms with Crippen molar-refractivity contribution in [1.29, 1.82) is 0 Å². The van der Waals surface area contributed by atoms with Gasteiger partial charge in [0.1, 0.15) is 5.56 Å². The molecule has 2 aromatic heterocycles. The summed E-state index contributed by atoms with van der Waals surface area (Å²) in [5.41, 5.74) is 2.87. The molecule has 2 aliphatic rings. The lowest BCUT2D eigenvalue weighted by molar-refractivity contribution is 0.0344. The summed E-state index contributed by atoms with van der Waals surface area (Å²) in [4.78, 5) is 34.8. The number of aromatic nitrogens is 3. The molecule has 184 valence electrons. The predicted octanol–water partition coefficient (Wildman–Crippen LogP) is 2.32. The average Bonchev–Trinajstić information content (AvgIpc) is 3.39. The van der Waals surface area contributed by atoms with Crippen molar-refractivity contribution in [1.82, 2.24) is 19.5 Å². The highest BCUT2D eigenvalue weighted by atomic mass is 16.5. The molecule has 1 saturated heterocycles. The van der Waals surface area contributed by atoms with Crippen LogP contribution in [-0.2, 0) is 11.3 Å². The van der Waals surface area contributed by atoms with E-state index in [0.29, 0.717) is 61.7 Å². The summed E-state index contributed by atoms with van der Waals surface area (Å²) < 4.78 is 7.07. The maximum Gasteiger partial charge on any atom is 0.261 e. The van der Waals surface area contributed by atoms with Gasteiger partial charge in [-0.1, -0.05) is 0 Å². The summed E-state index contributed by atoms with van der Waals surface area (Å²) >= 11 is 0. The molecule has 2 N–H and O–H groups in total. The lowest BCUT2D eigenvalue weighted by Gasteiger charge is -2.31. The van der Waals surface area contributed by atoms with E-state index in [0.717, 1.165) is 11.3 Å². The number of ether oxygens (including phenoxy) is 1. The van der Waals surface area contributed by atoms with E-state index in [1.165, 1.54) is 6.20 Å². The number of fused-ring (bicyclic) bond motifs is 2. The molecule has 0 saturated carbocycles. The van der Waals surface area contributed by atoms with Gasteiger partial charge in [0, 0.05) is 43.6 Å². The van der Waals surface area contributed by atoms with Crippen molar-refractivity contribution in [3.8, 4) is 0 Å². The van der Waals surface area contributed by atoms with E-state index in [1.54, 1.807) is 41.7 Å². The Labute approximate surface area is 203 Å². The van der Waals surface area contributed by atoms with Gasteiger partial charge in [-0.05, 0) is 51.0 Å². The second-order valence-electron chi connectivity index (χ2n) is 9.82. The Morgan fingerprint density at radius 1 is 1.29 bits per heavy atom. The van der Waals surface area contributed by atoms with Crippen molar-refractivity contribution in [2.45, 2.75) is 45.4 Å². The largest absolute Gasteiger partial charge is 0.390 e. The van der Waals surface area contributed by atoms with Gasteiger partial charge in [0.25, 0.3) is 11.8 Å². The molecule has 10 heteroatoms. The van der Waals surface area contributed by atoms with Gasteiger partial charge in [-0.15, -0.1) is 0 Å². The minimum Gasteiger partial charge on any atom is -0.390 e. The maximum atomic E-state index is 13.3. The number of carbonyl (C=O) groups is 2. The van der Waals surface area contributed by atoms with Crippen LogP contribution in [0.15, 0.2) is 36.8 Å². The van der Waals surface area contributed by atoms with Gasteiger partial charge in [0.15, 0.2) is 5.65 Å². The quantitative estimate of drug-likeness (QED) is 0.559. The van der Waals surface area contributed by atoms with Gasteiger partial charge in [-0.25, -0.2) is 9.50 Å². The lowest BCUT2D eigenvalue weighted by Crippen LogP contribution is -2.38. The Morgan fingerprint density at radius 3 is 2.80 bits per heavy atom. The predicted molar refractivity (Wildman–Crippen MR) is 131 cm³/mol. The first-order valence-corrected chi connectivity index (χ1v) is 11.8. The van der Waals surface area contributed by atoms with E-state index in [1.807, 2.05) is 19.1 Å². The van der Waals surface area contributed by atoms with Gasteiger partial charge in [-0.3, -0.25) is 9.59 Å². The molecule has 10 nitrogen and oxygen atoms in total. The van der Waals surface area contributed by atoms with Crippen LogP contribution in [0.1, 0.15) is 53.5 Å². The highest BCUT2D eigenvalue weighted by Crippen LogP contribution is 2.36. The molecule has 3 aromatic rings. The Hall–Kier alpha value is -3.50. The first-order chi connectivity index (χ1) is 16.7. The van der Waals surface area contributed by atoms with Crippen LogP contribution in [0, 0.1) is 0 Å². The van der Waals surface area contributed by atoms with E-state index in [2.05, 4.69) is 20.3 Å². The molecule has 35 heavy (non-hydrogen) atoms. The summed E-state index contributed by atoms with van der Waals surface area (Å²) in [6, 6.07) is 5.39. The van der Waals surface area contributed by atoms with Crippen LogP contribution < -0.4 is 10.2 Å². The Bertz CT molecular complexity index is 1270. The van der Waals surface area contributed by atoms with Crippen LogP contribution >= 0.6 is 0 Å². The van der Waals surface area contributed by atoms with E-state index < -0.39 is 5.60 Å². The number of aliphatic hydroxyl groups is 1. The van der Waals surface area contributed by atoms with E-state index in [9.17, 15) is 14.7 Å². The third kappa shape index (κ3) is 4.59. The van der Waals surface area contributed by atoms with Gasteiger partial charge in [0.2, 0.25) is 0 Å². The normalized spacial score (nSPS) is 17.1. The fraction of sp³-hybridized carbons (Fsp3) is 0.440. The number of nitrogens with zero attached hydrogens (tertiary/aromatic N) is 5. The first kappa shape index (κ1) is 23.3. The van der Waals surface area contributed by atoms with Crippen molar-refractivity contribution >= 4 is 28.8 Å². The van der Waals surface area contributed by atoms with Crippen molar-refractivity contribution in [3.05, 3.63) is 53.5 Å². The Kier molecular flexibility index (Phi) is 5.94. The van der Waals surface area contributed by atoms with Crippen molar-refractivity contribution < 1.29 is 19.4 Å². The van der Waals surface area contributed by atoms with Crippen LogP contribution in [0.5, 0.6) is 0 Å². The Balaban J connectivity index is 1.48. The number of anilines is 2. The van der Waals surface area contributed by atoms with Gasteiger partial charge >= 0.3 is 0 Å². The van der Waals surface area contributed by atoms with Gasteiger partial charge in [-0.2, -0.15) is 5.10 Å². The minimum absolute atomic E-state index is 0.0593. The van der Waals surface area contributed by atoms with Gasteiger partial charge < -0.3 is 25.0 Å². The van der Waals surface area contributed by atoms with E-state index in [-0.39, 0.29) is 17.9 Å². The fourth-order valence-electron chi connectivity index (χ4n) is 4.91. The number of amides is 2. The summed E-state index contributed by atoms with van der Waals surface area (Å²) in [7, 11) is 0. The number of hydrogen-bond donors (Lipinski definition) is 2. The number of rotatable bonds is 6. The molecule has 0 bridgehead atoms. The number of carbonyl (C=O) groups excluding carboxylic acids is 2. The number of nitrogens with one attached hydrogen (secondary N) is 1. The molecule has 2 aliphatic heterocycles. The van der Waals surface area contributed by atoms with E-state index >= 15 is 0 Å². The fourth-order valence-corrected chi connectivity index (χ4v) is 4.91. The summed E-state index contributed by atoms with van der Waals surface area (Å²) in [5.74, 6) is -0.374. The summed E-state index contributed by atoms with van der Waals surface area (Å²) in [6.45, 7) is 8.34. The third-order valence-electron chi connectivity index (χ3n) is 6.50. The molecule has 2 amide bonds. The van der Waals surface area contributed by atoms with Crippen LogP contribution in [0.25, 0.3) is 5.65 Å². The van der Waals surface area contributed by atoms with Crippen molar-refractivity contribution in [2.24, 2.45) is 0 Å². The standard InChI is InChI=1S/C25H30N6O4/c1-16(13-25(2,3)34)30-15-17-11-20(21(12-18(17)24(30)33)29-7-9-35-10-8-29)28-23(32)19-14-27-31-6-4-5-26-22(19)31/h4-6,11-12,14,16,34H,7-10,13,15H2,1-3H3,(H,28,32)/t16-/m1/s1. The molecule has 0 radical (unpaired) electrons. The monoisotopic (exact) mass is 478 g/mol. The highest BCUT2D eigenvalue weighted by molar-refractivity contribution is 6.10. The van der Waals surface area contributed by atoms with Gasteiger partial charge in [0.05, 0.1) is 36.4 Å². The Morgan fingerprint density at radius 2 is 2.06 bits per heavy atom. The molecule has 0 aliphatic carbocycles. The topological polar surface area (TPSA) is 112 Å². The molecule has 1 fully saturated rings. The van der Waals surface area contributed by atoms with Crippen molar-refractivity contribution in [3.63, 3.8) is 0 Å². The average molecular weight is 479 g/mol. The molecule has 4 heterocycles. The summed E-state index contributed by atoms with van der Waals surface area (Å²) in [6.07, 6.45) is 5.33. The molecular weight excluding hydrogens is 448 g/mol. The SMILES string of the molecule is C[C@H](CC(C)(C)O)N1Cc2cc(NC(=O)c3cnn4cccnc34)c(N3CCOCC3)cc2C1=O. The lowest BCUT2D eigenvalue weighted by atomic mass is 9.99. The second-order valence-corrected chi connectivity index (χ2v) is 9.82. The zero-order valence-corrected chi connectivity index (χ0v) is 20.2. The zero-order chi connectivity index (χ0) is 24.7. The van der Waals surface area contributed by atoms with E-state index in [4.69, 9.17) is 4.74 Å². The highest BCUT2D eigenvalue weighted by Gasteiger charge is 2.35. The molecule has 5 rings (SSSR count). The molecular formula is C25H30N6O4. The first-order valence-electron chi connectivity index (χ1n) is 11.8. The molecule has 1 atom stereocenters. The number of morpholine rings is 1. The van der Waals surface area contributed by atoms with Crippen molar-refractivity contribution in [2.75, 3.05) is 36.5 Å². The van der Waals surface area contributed by atoms with Crippen LogP contribution in [0.3, 0.4) is 0 Å². The van der Waals surface area contributed by atoms with Crippen LogP contribution in [0.2, 0.25) is 0 Å². The van der Waals surface area contributed by atoms with Crippen LogP contribution in [-0.4, -0.2) is 74.4 Å². The minimum atomic E-state index is -0.880. The number of hydrogen-bond acceptors (Lipinski definition) is 7. The zero-order valence-electron chi connectivity index (χ0n) is 20.2. The van der Waals surface area contributed by atoms with Crippen LogP contribution in [0.4, 0.5) is 11.4 Å². The molecule has 0 spiro atoms. The molecule has 0 unspecified atom stereocenters. The maximum absolute atomic E-state index is 13.3. The second kappa shape index (κ2) is 8.94. The number of benzene rings is 1. The smallest absolute Gasteiger partial charge is 0.261 e. The molecule has 1 aromatic carbocycles. The third-order valence-corrected chi connectivity index (χ3v) is 6.50. The summed E-state index contributed by atoms with van der Waals surface area (Å²) in [5, 5.41) is 17.5.